The van der Waals surface area contributed by atoms with Crippen molar-refractivity contribution in [1.29, 1.82) is 0 Å². The van der Waals surface area contributed by atoms with E-state index >= 15 is 0 Å². The molecular weight excluding hydrogens is 284 g/mol. The van der Waals surface area contributed by atoms with E-state index in [4.69, 9.17) is 4.74 Å². The quantitative estimate of drug-likeness (QED) is 0.768. The van der Waals surface area contributed by atoms with Crippen molar-refractivity contribution in [2.24, 2.45) is 0 Å². The normalized spacial score (nSPS) is 16.3. The Kier molecular flexibility index (Phi) is 5.14. The van der Waals surface area contributed by atoms with E-state index in [1.165, 1.54) is 13.8 Å². The van der Waals surface area contributed by atoms with Crippen molar-refractivity contribution < 1.29 is 19.1 Å². The number of carbonyl (C=O) groups excluding carboxylic acids is 3. The van der Waals surface area contributed by atoms with E-state index < -0.39 is 18.1 Å². The summed E-state index contributed by atoms with van der Waals surface area (Å²) in [6.07, 6.45) is 1.07. The summed E-state index contributed by atoms with van der Waals surface area (Å²) < 4.78 is 5.07. The topological polar surface area (TPSA) is 84.5 Å². The van der Waals surface area contributed by atoms with Crippen molar-refractivity contribution in [2.45, 2.75) is 44.9 Å². The number of hydrogen-bond acceptors (Lipinski definition) is 4. The fourth-order valence-corrected chi connectivity index (χ4v) is 1.80. The van der Waals surface area contributed by atoms with E-state index in [0.717, 1.165) is 12.8 Å². The minimum atomic E-state index is -0.871. The SMILES string of the molecule is C[C@H](NC(=O)c1ccccc1)C(=O)O[C@H](C)C(=O)NC1CC1. The van der Waals surface area contributed by atoms with Gasteiger partial charge in [0.15, 0.2) is 6.10 Å². The van der Waals surface area contributed by atoms with Crippen LogP contribution < -0.4 is 10.6 Å². The minimum Gasteiger partial charge on any atom is -0.451 e. The van der Waals surface area contributed by atoms with E-state index in [0.29, 0.717) is 5.56 Å². The Bertz CT molecular complexity index is 555. The number of esters is 1. The summed E-state index contributed by atoms with van der Waals surface area (Å²) in [4.78, 5) is 35.6. The molecule has 1 aromatic carbocycles. The minimum absolute atomic E-state index is 0.212. The van der Waals surface area contributed by atoms with Crippen LogP contribution >= 0.6 is 0 Å². The van der Waals surface area contributed by atoms with Gasteiger partial charge >= 0.3 is 5.97 Å². The highest BCUT2D eigenvalue weighted by molar-refractivity contribution is 5.96. The van der Waals surface area contributed by atoms with Crippen molar-refractivity contribution in [3.8, 4) is 0 Å². The second-order valence-corrected chi connectivity index (χ2v) is 5.42. The molecule has 0 unspecified atom stereocenters. The second kappa shape index (κ2) is 7.06. The number of nitrogens with one attached hydrogen (secondary N) is 2. The Morgan fingerprint density at radius 1 is 1.14 bits per heavy atom. The summed E-state index contributed by atoms with van der Waals surface area (Å²) in [6, 6.07) is 7.96. The van der Waals surface area contributed by atoms with Gasteiger partial charge in [-0.1, -0.05) is 18.2 Å². The molecule has 0 spiro atoms. The zero-order chi connectivity index (χ0) is 16.1. The summed E-state index contributed by atoms with van der Waals surface area (Å²) in [7, 11) is 0. The summed E-state index contributed by atoms with van der Waals surface area (Å²) in [5.74, 6) is -1.31. The lowest BCUT2D eigenvalue weighted by Crippen LogP contribution is -2.43. The average Bonchev–Trinajstić information content (AvgIpc) is 3.31. The molecule has 22 heavy (non-hydrogen) atoms. The third kappa shape index (κ3) is 4.58. The molecule has 6 nitrogen and oxygen atoms in total. The lowest BCUT2D eigenvalue weighted by atomic mass is 10.2. The number of benzene rings is 1. The molecule has 0 aliphatic heterocycles. The summed E-state index contributed by atoms with van der Waals surface area (Å²) >= 11 is 0. The maximum atomic E-state index is 11.9. The molecule has 0 saturated heterocycles. The third-order valence-corrected chi connectivity index (χ3v) is 3.32. The van der Waals surface area contributed by atoms with Crippen LogP contribution in [0.25, 0.3) is 0 Å². The lowest BCUT2D eigenvalue weighted by molar-refractivity contribution is -0.156. The first kappa shape index (κ1) is 16.0. The van der Waals surface area contributed by atoms with Gasteiger partial charge in [-0.05, 0) is 38.8 Å². The second-order valence-electron chi connectivity index (χ2n) is 5.42. The smallest absolute Gasteiger partial charge is 0.329 e. The van der Waals surface area contributed by atoms with E-state index in [1.54, 1.807) is 30.3 Å². The Balaban J connectivity index is 1.81. The van der Waals surface area contributed by atoms with Crippen LogP contribution in [0.1, 0.15) is 37.0 Å². The third-order valence-electron chi connectivity index (χ3n) is 3.32. The Morgan fingerprint density at radius 2 is 1.77 bits per heavy atom. The molecule has 1 saturated carbocycles. The molecule has 2 rings (SSSR count). The number of carbonyl (C=O) groups is 3. The monoisotopic (exact) mass is 304 g/mol. The Hall–Kier alpha value is -2.37. The van der Waals surface area contributed by atoms with E-state index in [1.807, 2.05) is 0 Å². The number of rotatable bonds is 6. The van der Waals surface area contributed by atoms with Crippen LogP contribution in [-0.2, 0) is 14.3 Å². The molecule has 0 radical (unpaired) electrons. The standard InChI is InChI=1S/C16H20N2O4/c1-10(17-15(20)12-6-4-3-5-7-12)16(21)22-11(2)14(19)18-13-8-9-13/h3-7,10-11,13H,8-9H2,1-2H3,(H,17,20)(H,18,19)/t10-,11+/m0/s1. The van der Waals surface area contributed by atoms with Crippen molar-refractivity contribution in [3.63, 3.8) is 0 Å². The molecule has 2 atom stereocenters. The molecule has 0 heterocycles. The first-order chi connectivity index (χ1) is 10.5. The van der Waals surface area contributed by atoms with E-state index in [2.05, 4.69) is 10.6 Å². The van der Waals surface area contributed by atoms with Crippen LogP contribution in [0.15, 0.2) is 30.3 Å². The molecule has 0 bridgehead atoms. The zero-order valence-corrected chi connectivity index (χ0v) is 12.7. The van der Waals surface area contributed by atoms with Gasteiger partial charge in [-0.3, -0.25) is 9.59 Å². The first-order valence-corrected chi connectivity index (χ1v) is 7.34. The van der Waals surface area contributed by atoms with Crippen LogP contribution in [0.2, 0.25) is 0 Å². The lowest BCUT2D eigenvalue weighted by Gasteiger charge is -2.17. The average molecular weight is 304 g/mol. The van der Waals surface area contributed by atoms with E-state index in [9.17, 15) is 14.4 Å². The molecule has 118 valence electrons. The fourth-order valence-electron chi connectivity index (χ4n) is 1.80. The predicted molar refractivity (Wildman–Crippen MR) is 80.1 cm³/mol. The van der Waals surface area contributed by atoms with Gasteiger partial charge in [0.1, 0.15) is 6.04 Å². The van der Waals surface area contributed by atoms with E-state index in [-0.39, 0.29) is 17.9 Å². The van der Waals surface area contributed by atoms with Crippen molar-refractivity contribution in [1.82, 2.24) is 10.6 Å². The van der Waals surface area contributed by atoms with Crippen LogP contribution in [0.4, 0.5) is 0 Å². The highest BCUT2D eigenvalue weighted by Gasteiger charge is 2.28. The van der Waals surface area contributed by atoms with Crippen LogP contribution in [0, 0.1) is 0 Å². The van der Waals surface area contributed by atoms with Gasteiger partial charge in [-0.25, -0.2) is 4.79 Å². The zero-order valence-electron chi connectivity index (χ0n) is 12.7. The van der Waals surface area contributed by atoms with Gasteiger partial charge in [-0.15, -0.1) is 0 Å². The highest BCUT2D eigenvalue weighted by Crippen LogP contribution is 2.18. The molecule has 1 aliphatic rings. The Labute approximate surface area is 129 Å². The van der Waals surface area contributed by atoms with Crippen LogP contribution in [0.5, 0.6) is 0 Å². The maximum Gasteiger partial charge on any atom is 0.329 e. The summed E-state index contributed by atoms with van der Waals surface area (Å²) in [5.41, 5.74) is 0.460. The molecule has 0 aromatic heterocycles. The molecule has 2 N–H and O–H groups in total. The van der Waals surface area contributed by atoms with Crippen LogP contribution in [-0.4, -0.2) is 36.0 Å². The Morgan fingerprint density at radius 3 is 2.36 bits per heavy atom. The molecule has 1 aromatic rings. The predicted octanol–water partition coefficient (Wildman–Crippen LogP) is 1.02. The first-order valence-electron chi connectivity index (χ1n) is 7.34. The highest BCUT2D eigenvalue weighted by atomic mass is 16.5. The van der Waals surface area contributed by atoms with Gasteiger partial charge < -0.3 is 15.4 Å². The van der Waals surface area contributed by atoms with Crippen LogP contribution in [0.3, 0.4) is 0 Å². The molecule has 1 fully saturated rings. The molecule has 1 aliphatic carbocycles. The number of amides is 2. The van der Waals surface area contributed by atoms with Crippen molar-refractivity contribution in [2.75, 3.05) is 0 Å². The van der Waals surface area contributed by atoms with Gasteiger partial charge in [0.25, 0.3) is 11.8 Å². The fraction of sp³-hybridized carbons (Fsp3) is 0.438. The summed E-state index contributed by atoms with van der Waals surface area (Å²) in [6.45, 7) is 3.04. The van der Waals surface area contributed by atoms with Gasteiger partial charge in [0, 0.05) is 11.6 Å². The molecular formula is C16H20N2O4. The molecule has 2 amide bonds. The van der Waals surface area contributed by atoms with Crippen molar-refractivity contribution in [3.05, 3.63) is 35.9 Å². The number of hydrogen-bond donors (Lipinski definition) is 2. The largest absolute Gasteiger partial charge is 0.451 e. The maximum absolute atomic E-state index is 11.9. The van der Waals surface area contributed by atoms with Gasteiger partial charge in [0.2, 0.25) is 0 Å². The van der Waals surface area contributed by atoms with Gasteiger partial charge in [-0.2, -0.15) is 0 Å². The number of ether oxygens (including phenoxy) is 1. The summed E-state index contributed by atoms with van der Waals surface area (Å²) in [5, 5.41) is 5.31. The van der Waals surface area contributed by atoms with Gasteiger partial charge in [0.05, 0.1) is 0 Å². The van der Waals surface area contributed by atoms with Crippen molar-refractivity contribution >= 4 is 17.8 Å². The molecule has 6 heteroatoms.